The van der Waals surface area contributed by atoms with Crippen molar-refractivity contribution in [2.45, 2.75) is 117 Å². The van der Waals surface area contributed by atoms with Gasteiger partial charge in [0.2, 0.25) is 0 Å². The van der Waals surface area contributed by atoms with Gasteiger partial charge in [-0.25, -0.2) is 0 Å². The summed E-state index contributed by atoms with van der Waals surface area (Å²) in [6.07, 6.45) is 13.1. The van der Waals surface area contributed by atoms with Crippen LogP contribution in [0.2, 0.25) is 0 Å². The van der Waals surface area contributed by atoms with Crippen molar-refractivity contribution < 1.29 is 19.4 Å². The molecule has 32 heavy (non-hydrogen) atoms. The number of allylic oxidation sites excluding steroid dienone is 1. The minimum Gasteiger partial charge on any atom is -0.461 e. The van der Waals surface area contributed by atoms with Crippen LogP contribution in [0.25, 0.3) is 0 Å². The number of hydrogen-bond donors (Lipinski definition) is 1. The highest BCUT2D eigenvalue weighted by atomic mass is 16.5. The van der Waals surface area contributed by atoms with Crippen molar-refractivity contribution in [1.29, 1.82) is 0 Å². The summed E-state index contributed by atoms with van der Waals surface area (Å²) in [5, 5.41) is 10.6. The molecule has 0 radical (unpaired) electrons. The SMILES string of the molecule is CCCCCCC(=O)OC1C[C@@H](O)CC2=CCC3C(CC[C@@]4(C)C3CC[C@@H]4C(C)=O)[C@]21C. The number of aliphatic hydroxyl groups is 1. The molecule has 0 amide bonds. The lowest BCUT2D eigenvalue weighted by Gasteiger charge is -2.59. The van der Waals surface area contributed by atoms with Gasteiger partial charge in [-0.2, -0.15) is 0 Å². The van der Waals surface area contributed by atoms with E-state index >= 15 is 0 Å². The lowest BCUT2D eigenvalue weighted by molar-refractivity contribution is -0.169. The summed E-state index contributed by atoms with van der Waals surface area (Å²) in [5.41, 5.74) is 1.25. The lowest BCUT2D eigenvalue weighted by atomic mass is 9.46. The van der Waals surface area contributed by atoms with E-state index in [9.17, 15) is 14.7 Å². The zero-order valence-electron chi connectivity index (χ0n) is 20.7. The number of aliphatic hydroxyl groups excluding tert-OH is 1. The first-order chi connectivity index (χ1) is 15.2. The maximum absolute atomic E-state index is 12.7. The fourth-order valence-corrected chi connectivity index (χ4v) is 8.43. The van der Waals surface area contributed by atoms with E-state index in [-0.39, 0.29) is 28.8 Å². The highest BCUT2D eigenvalue weighted by Gasteiger charge is 2.61. The van der Waals surface area contributed by atoms with Gasteiger partial charge >= 0.3 is 5.97 Å². The molecule has 1 N–H and O–H groups in total. The minimum atomic E-state index is -0.425. The first-order valence-electron chi connectivity index (χ1n) is 13.3. The summed E-state index contributed by atoms with van der Waals surface area (Å²) in [5.74, 6) is 2.06. The normalized spacial score (nSPS) is 43.0. The van der Waals surface area contributed by atoms with Crippen LogP contribution in [0.15, 0.2) is 11.6 Å². The van der Waals surface area contributed by atoms with Crippen molar-refractivity contribution >= 4 is 11.8 Å². The number of carbonyl (C=O) groups is 2. The van der Waals surface area contributed by atoms with Crippen LogP contribution >= 0.6 is 0 Å². The van der Waals surface area contributed by atoms with Crippen LogP contribution in [-0.4, -0.2) is 29.1 Å². The first kappa shape index (κ1) is 24.0. The lowest BCUT2D eigenvalue weighted by Crippen LogP contribution is -2.56. The summed E-state index contributed by atoms with van der Waals surface area (Å²) in [6.45, 7) is 8.64. The van der Waals surface area contributed by atoms with Crippen LogP contribution in [0.4, 0.5) is 0 Å². The summed E-state index contributed by atoms with van der Waals surface area (Å²) in [6, 6.07) is 0. The Bertz CT molecular complexity index is 757. The first-order valence-corrected chi connectivity index (χ1v) is 13.3. The van der Waals surface area contributed by atoms with Crippen LogP contribution < -0.4 is 0 Å². The highest BCUT2D eigenvalue weighted by Crippen LogP contribution is 2.66. The number of ketones is 1. The molecule has 180 valence electrons. The standard InChI is InChI=1S/C28H44O4/c1-5-6-7-8-9-26(31)32-25-17-20(30)16-19-10-11-21-23-13-12-22(18(2)29)27(23,3)15-14-24(21)28(19,25)4/h10,20-25,30H,5-9,11-17H2,1-4H3/t20-,21?,22+,23?,24?,25?,27+,28-/m0/s1. The number of hydrogen-bond acceptors (Lipinski definition) is 4. The monoisotopic (exact) mass is 444 g/mol. The fourth-order valence-electron chi connectivity index (χ4n) is 8.43. The molecule has 0 heterocycles. The molecule has 0 aromatic rings. The van der Waals surface area contributed by atoms with Crippen molar-refractivity contribution in [1.82, 2.24) is 0 Å². The van der Waals surface area contributed by atoms with Crippen LogP contribution in [0.3, 0.4) is 0 Å². The van der Waals surface area contributed by atoms with E-state index in [1.165, 1.54) is 5.57 Å². The third-order valence-electron chi connectivity index (χ3n) is 10.1. The van der Waals surface area contributed by atoms with Gasteiger partial charge in [-0.15, -0.1) is 0 Å². The van der Waals surface area contributed by atoms with Gasteiger partial charge in [0.25, 0.3) is 0 Å². The van der Waals surface area contributed by atoms with E-state index in [4.69, 9.17) is 4.74 Å². The summed E-state index contributed by atoms with van der Waals surface area (Å²) < 4.78 is 6.17. The number of unbranched alkanes of at least 4 members (excludes halogenated alkanes) is 3. The average molecular weight is 445 g/mol. The van der Waals surface area contributed by atoms with Crippen LogP contribution in [0.1, 0.15) is 105 Å². The Morgan fingerprint density at radius 3 is 2.62 bits per heavy atom. The molecule has 4 unspecified atom stereocenters. The van der Waals surface area contributed by atoms with Crippen LogP contribution in [-0.2, 0) is 14.3 Å². The number of carbonyl (C=O) groups excluding carboxylic acids is 2. The molecule has 0 aromatic carbocycles. The van der Waals surface area contributed by atoms with E-state index in [0.29, 0.717) is 42.8 Å². The number of rotatable bonds is 7. The highest BCUT2D eigenvalue weighted by molar-refractivity contribution is 5.79. The average Bonchev–Trinajstić information content (AvgIpc) is 3.10. The molecular formula is C28H44O4. The van der Waals surface area contributed by atoms with Crippen molar-refractivity contribution in [2.24, 2.45) is 34.5 Å². The van der Waals surface area contributed by atoms with Gasteiger partial charge in [0.1, 0.15) is 11.9 Å². The molecule has 4 aliphatic rings. The predicted octanol–water partition coefficient (Wildman–Crippen LogP) is 6.01. The third-order valence-corrected chi connectivity index (χ3v) is 10.1. The van der Waals surface area contributed by atoms with E-state index < -0.39 is 6.10 Å². The maximum atomic E-state index is 12.7. The number of ether oxygens (including phenoxy) is 1. The van der Waals surface area contributed by atoms with Crippen molar-refractivity contribution in [2.75, 3.05) is 0 Å². The number of fused-ring (bicyclic) bond motifs is 5. The van der Waals surface area contributed by atoms with Crippen LogP contribution in [0.5, 0.6) is 0 Å². The summed E-state index contributed by atoms with van der Waals surface area (Å²) in [4.78, 5) is 25.1. The topological polar surface area (TPSA) is 63.6 Å². The van der Waals surface area contributed by atoms with Gasteiger partial charge in [0.15, 0.2) is 0 Å². The molecule has 0 spiro atoms. The molecule has 3 saturated carbocycles. The molecule has 3 fully saturated rings. The van der Waals surface area contributed by atoms with Gasteiger partial charge in [0, 0.05) is 24.2 Å². The zero-order valence-corrected chi connectivity index (χ0v) is 20.7. The summed E-state index contributed by atoms with van der Waals surface area (Å²) in [7, 11) is 0. The molecule has 0 bridgehead atoms. The Hall–Kier alpha value is -1.16. The quantitative estimate of drug-likeness (QED) is 0.297. The minimum absolute atomic E-state index is 0.0962. The smallest absolute Gasteiger partial charge is 0.306 e. The Balaban J connectivity index is 1.55. The van der Waals surface area contributed by atoms with Gasteiger partial charge in [0.05, 0.1) is 6.10 Å². The van der Waals surface area contributed by atoms with Gasteiger partial charge < -0.3 is 9.84 Å². The van der Waals surface area contributed by atoms with E-state index in [1.807, 2.05) is 0 Å². The Morgan fingerprint density at radius 2 is 1.91 bits per heavy atom. The van der Waals surface area contributed by atoms with Gasteiger partial charge in [-0.1, -0.05) is 51.7 Å². The Labute approximate surface area is 194 Å². The molecule has 0 aromatic heterocycles. The largest absolute Gasteiger partial charge is 0.461 e. The van der Waals surface area contributed by atoms with E-state index in [2.05, 4.69) is 26.8 Å². The second-order valence-corrected chi connectivity index (χ2v) is 11.8. The molecular weight excluding hydrogens is 400 g/mol. The van der Waals surface area contributed by atoms with Gasteiger partial charge in [-0.3, -0.25) is 9.59 Å². The van der Waals surface area contributed by atoms with Crippen molar-refractivity contribution in [3.05, 3.63) is 11.6 Å². The fraction of sp³-hybridized carbons (Fsp3) is 0.857. The second kappa shape index (κ2) is 9.24. The molecule has 0 aliphatic heterocycles. The van der Waals surface area contributed by atoms with E-state index in [0.717, 1.165) is 57.8 Å². The van der Waals surface area contributed by atoms with E-state index in [1.54, 1.807) is 6.92 Å². The molecule has 4 heteroatoms. The second-order valence-electron chi connectivity index (χ2n) is 11.8. The zero-order chi connectivity index (χ0) is 23.1. The predicted molar refractivity (Wildman–Crippen MR) is 126 cm³/mol. The van der Waals surface area contributed by atoms with Crippen molar-refractivity contribution in [3.63, 3.8) is 0 Å². The molecule has 4 nitrogen and oxygen atoms in total. The number of Topliss-reactive ketones (excluding diaryl/α,β-unsaturated/α-hetero) is 1. The molecule has 8 atom stereocenters. The molecule has 4 aliphatic carbocycles. The summed E-state index contributed by atoms with van der Waals surface area (Å²) >= 11 is 0. The molecule has 4 rings (SSSR count). The Morgan fingerprint density at radius 1 is 1.12 bits per heavy atom. The van der Waals surface area contributed by atoms with Gasteiger partial charge in [-0.05, 0) is 75.0 Å². The molecule has 0 saturated heterocycles. The van der Waals surface area contributed by atoms with Crippen molar-refractivity contribution in [3.8, 4) is 0 Å². The Kier molecular flexibility index (Phi) is 6.92. The third kappa shape index (κ3) is 3.99. The number of esters is 1. The van der Waals surface area contributed by atoms with Crippen LogP contribution in [0, 0.1) is 34.5 Å². The maximum Gasteiger partial charge on any atom is 0.306 e.